The number of hydrogen-bond donors (Lipinski definition) is 8. The van der Waals surface area contributed by atoms with Gasteiger partial charge in [0.1, 0.15) is 49.5 Å². The van der Waals surface area contributed by atoms with Gasteiger partial charge in [-0.15, -0.1) is 0 Å². The van der Waals surface area contributed by atoms with Gasteiger partial charge in [0.15, 0.2) is 5.12 Å². The number of phosphoric acid groups is 3. The maximum atomic E-state index is 13.0. The molecule has 0 radical (unpaired) electrons. The Hall–Kier alpha value is -0.380. The molecule has 0 aromatic heterocycles. The van der Waals surface area contributed by atoms with Crippen molar-refractivity contribution >= 4 is 46.3 Å². The summed E-state index contributed by atoms with van der Waals surface area (Å²) in [6.45, 7) is 3.19. The number of ether oxygens (including phenoxy) is 3. The fourth-order valence-electron chi connectivity index (χ4n) is 6.64. The summed E-state index contributed by atoms with van der Waals surface area (Å²) in [6.07, 6.45) is 5.63. The Balaban J connectivity index is 2.70. The molecule has 0 aliphatic heterocycles. The van der Waals surface area contributed by atoms with Crippen LogP contribution in [-0.2, 0) is 55.6 Å². The van der Waals surface area contributed by atoms with E-state index in [0.29, 0.717) is 19.4 Å². The highest BCUT2D eigenvalue weighted by Gasteiger charge is 2.56. The van der Waals surface area contributed by atoms with Crippen LogP contribution in [0, 0.1) is 0 Å². The Kier molecular flexibility index (Phi) is 32.7. The van der Waals surface area contributed by atoms with E-state index in [1.54, 1.807) is 0 Å². The number of rotatable bonds is 39. The second kappa shape index (κ2) is 34.0. The van der Waals surface area contributed by atoms with Gasteiger partial charge in [-0.3, -0.25) is 27.7 Å². The molecule has 368 valence electrons. The number of esters is 1. The Labute approximate surface area is 370 Å². The molecule has 20 nitrogen and oxygen atoms in total. The molecule has 24 heteroatoms. The van der Waals surface area contributed by atoms with Crippen LogP contribution in [0.4, 0.5) is 0 Å². The molecule has 1 fully saturated rings. The molecule has 1 rings (SSSR count). The van der Waals surface area contributed by atoms with Gasteiger partial charge in [-0.1, -0.05) is 128 Å². The highest BCUT2D eigenvalue weighted by atomic mass is 32.2. The maximum absolute atomic E-state index is 13.0. The zero-order valence-corrected chi connectivity index (χ0v) is 39.9. The van der Waals surface area contributed by atoms with Crippen LogP contribution in [0.25, 0.3) is 0 Å². The van der Waals surface area contributed by atoms with E-state index in [4.69, 9.17) is 23.3 Å². The van der Waals surface area contributed by atoms with Gasteiger partial charge in [0.05, 0.1) is 13.2 Å². The van der Waals surface area contributed by atoms with E-state index < -0.39 is 78.8 Å². The van der Waals surface area contributed by atoms with Crippen LogP contribution in [0.2, 0.25) is 0 Å². The predicted molar refractivity (Wildman–Crippen MR) is 230 cm³/mol. The number of aliphatic hydroxyl groups excluding tert-OH is 3. The number of hydrogen-bond acceptors (Lipinski definition) is 16. The summed E-state index contributed by atoms with van der Waals surface area (Å²) in [7, 11) is -16.5. The zero-order chi connectivity index (χ0) is 46.4. The largest absolute Gasteiger partial charge is 0.472 e. The topological polar surface area (TPSA) is 312 Å². The molecule has 0 aromatic carbocycles. The molecule has 8 atom stereocenters. The minimum Gasteiger partial charge on any atom is -0.457 e. The summed E-state index contributed by atoms with van der Waals surface area (Å²) in [4.78, 5) is 71.9. The summed E-state index contributed by atoms with van der Waals surface area (Å²) in [5.74, 6) is 0.193. The van der Waals surface area contributed by atoms with Crippen molar-refractivity contribution in [3.63, 3.8) is 0 Å². The van der Waals surface area contributed by atoms with E-state index in [9.17, 15) is 63.1 Å². The average Bonchev–Trinajstić information content (AvgIpc) is 3.18. The van der Waals surface area contributed by atoms with Crippen molar-refractivity contribution in [2.45, 2.75) is 198 Å². The summed E-state index contributed by atoms with van der Waals surface area (Å²) >= 11 is 1.39. The maximum Gasteiger partial charge on any atom is 0.472 e. The SMILES string of the molecule is CCCCCCCCCCCCCCCC(=O)O[C@H](COCOCCCCCCCCSC(=O)CCC)COP(=O)(O)OC1C(O)[C@H](OP(=O)(O)O)C(OP(=O)(O)O)[C@H](O)[C@@H]1O. The molecule has 62 heavy (non-hydrogen) atoms. The quantitative estimate of drug-likeness (QED) is 0.0144. The molecule has 1 aliphatic carbocycles. The van der Waals surface area contributed by atoms with Gasteiger partial charge in [-0.2, -0.15) is 0 Å². The molecule has 4 unspecified atom stereocenters. The third-order valence-electron chi connectivity index (χ3n) is 9.87. The van der Waals surface area contributed by atoms with Crippen LogP contribution in [0.1, 0.15) is 155 Å². The van der Waals surface area contributed by atoms with Crippen LogP contribution in [0.15, 0.2) is 0 Å². The normalized spacial score (nSPS) is 22.4. The van der Waals surface area contributed by atoms with Crippen molar-refractivity contribution in [3.8, 4) is 0 Å². The van der Waals surface area contributed by atoms with Crippen molar-refractivity contribution in [1.82, 2.24) is 0 Å². The number of phosphoric ester groups is 3. The molecule has 0 aromatic rings. The lowest BCUT2D eigenvalue weighted by Gasteiger charge is -2.44. The fourth-order valence-corrected chi connectivity index (χ4v) is 9.66. The van der Waals surface area contributed by atoms with Crippen molar-refractivity contribution in [3.05, 3.63) is 0 Å². The van der Waals surface area contributed by atoms with Crippen molar-refractivity contribution in [1.29, 1.82) is 0 Å². The number of carbonyl (C=O) groups excluding carboxylic acids is 2. The first-order valence-electron chi connectivity index (χ1n) is 22.0. The van der Waals surface area contributed by atoms with Crippen LogP contribution >= 0.6 is 35.2 Å². The average molecular weight is 977 g/mol. The molecule has 8 N–H and O–H groups in total. The van der Waals surface area contributed by atoms with Crippen LogP contribution < -0.4 is 0 Å². The van der Waals surface area contributed by atoms with E-state index in [0.717, 1.165) is 76.4 Å². The minimum atomic E-state index is -5.58. The predicted octanol–water partition coefficient (Wildman–Crippen LogP) is 6.33. The molecule has 1 saturated carbocycles. The van der Waals surface area contributed by atoms with Gasteiger partial charge in [0.2, 0.25) is 0 Å². The highest BCUT2D eigenvalue weighted by Crippen LogP contribution is 2.51. The van der Waals surface area contributed by atoms with Gasteiger partial charge in [-0.25, -0.2) is 13.7 Å². The van der Waals surface area contributed by atoms with Gasteiger partial charge < -0.3 is 54.0 Å². The Morgan fingerprint density at radius 2 is 1.03 bits per heavy atom. The summed E-state index contributed by atoms with van der Waals surface area (Å²) in [6, 6.07) is 0. The second-order valence-corrected chi connectivity index (χ2v) is 20.5. The first kappa shape index (κ1) is 59.6. The molecule has 0 saturated heterocycles. The molecule has 0 amide bonds. The number of aliphatic hydroxyl groups is 3. The minimum absolute atomic E-state index is 0.0466. The summed E-state index contributed by atoms with van der Waals surface area (Å²) in [5, 5.41) is 32.0. The molecule has 1 aliphatic rings. The fraction of sp³-hybridized carbons (Fsp3) is 0.947. The number of unbranched alkanes of at least 4 members (excludes halogenated alkanes) is 17. The number of thioether (sulfide) groups is 1. The third kappa shape index (κ3) is 30.0. The van der Waals surface area contributed by atoms with E-state index in [1.807, 2.05) is 6.92 Å². The lowest BCUT2D eigenvalue weighted by molar-refractivity contribution is -0.213. The molecule has 0 bridgehead atoms. The lowest BCUT2D eigenvalue weighted by Crippen LogP contribution is -2.65. The smallest absolute Gasteiger partial charge is 0.457 e. The standard InChI is InChI=1S/C38H75O20P3S/c1-3-5-6-7-8-9-10-11-12-13-14-17-20-24-31(39)55-30(27-53-29-52-25-21-18-15-16-19-22-26-62-32(40)23-4-2)28-54-61(50,51)58-36-33(41)34(42)37(56-59(44,45)46)38(35(36)43)57-60(47,48)49/h30,33-38,41-43H,3-29H2,1-2H3,(H,50,51)(H2,44,45,46)(H2,47,48,49)/t30-,33+,34-,35?,36?,37?,38+/m1/s1. The molecular weight excluding hydrogens is 901 g/mol. The Bertz CT molecular complexity index is 1340. The summed E-state index contributed by atoms with van der Waals surface area (Å²) in [5.41, 5.74) is 0. The van der Waals surface area contributed by atoms with Crippen LogP contribution in [0.5, 0.6) is 0 Å². The molecular formula is C38H75O20P3S. The Morgan fingerprint density at radius 1 is 0.548 bits per heavy atom. The zero-order valence-electron chi connectivity index (χ0n) is 36.4. The van der Waals surface area contributed by atoms with Crippen molar-refractivity contribution in [2.24, 2.45) is 0 Å². The first-order chi connectivity index (χ1) is 29.3. The van der Waals surface area contributed by atoms with Gasteiger partial charge in [0, 0.05) is 25.2 Å². The van der Waals surface area contributed by atoms with Gasteiger partial charge in [0.25, 0.3) is 0 Å². The first-order valence-corrected chi connectivity index (χ1v) is 27.5. The van der Waals surface area contributed by atoms with E-state index in [2.05, 4.69) is 16.0 Å². The van der Waals surface area contributed by atoms with Crippen molar-refractivity contribution in [2.75, 3.05) is 32.4 Å². The van der Waals surface area contributed by atoms with Gasteiger partial charge >= 0.3 is 29.4 Å². The highest BCUT2D eigenvalue weighted by molar-refractivity contribution is 8.13. The monoisotopic (exact) mass is 976 g/mol. The Morgan fingerprint density at radius 3 is 1.56 bits per heavy atom. The van der Waals surface area contributed by atoms with Crippen LogP contribution in [0.3, 0.4) is 0 Å². The van der Waals surface area contributed by atoms with E-state index >= 15 is 0 Å². The third-order valence-corrected chi connectivity index (χ3v) is 12.9. The molecule has 0 heterocycles. The second-order valence-electron chi connectivity index (χ2n) is 15.5. The van der Waals surface area contributed by atoms with E-state index in [-0.39, 0.29) is 24.9 Å². The van der Waals surface area contributed by atoms with Gasteiger partial charge in [-0.05, 0) is 25.7 Å². The van der Waals surface area contributed by atoms with E-state index in [1.165, 1.54) is 63.1 Å². The summed E-state index contributed by atoms with van der Waals surface area (Å²) < 4.78 is 71.1. The van der Waals surface area contributed by atoms with Crippen molar-refractivity contribution < 1.29 is 95.4 Å². The lowest BCUT2D eigenvalue weighted by atomic mass is 9.85. The number of carbonyl (C=O) groups is 2. The van der Waals surface area contributed by atoms with Crippen LogP contribution in [-0.4, -0.2) is 126 Å². The molecule has 0 spiro atoms.